The lowest BCUT2D eigenvalue weighted by molar-refractivity contribution is 0.103. The van der Waals surface area contributed by atoms with Crippen LogP contribution in [-0.2, 0) is 10.0 Å². The van der Waals surface area contributed by atoms with E-state index in [1.54, 1.807) is 42.5 Å². The fourth-order valence-corrected chi connectivity index (χ4v) is 4.99. The van der Waals surface area contributed by atoms with E-state index in [4.69, 9.17) is 0 Å². The molecule has 1 heterocycles. The predicted octanol–water partition coefficient (Wildman–Crippen LogP) is 5.78. The van der Waals surface area contributed by atoms with Crippen LogP contribution >= 0.6 is 11.3 Å². The number of hydrogen-bond acceptors (Lipinski definition) is 4. The summed E-state index contributed by atoms with van der Waals surface area (Å²) in [5, 5.41) is 4.75. The third kappa shape index (κ3) is 4.84. The molecule has 0 fully saturated rings. The summed E-state index contributed by atoms with van der Waals surface area (Å²) in [6.45, 7) is 2.02. The molecule has 1 aromatic heterocycles. The van der Waals surface area contributed by atoms with Crippen LogP contribution < -0.4 is 10.0 Å². The van der Waals surface area contributed by atoms with E-state index in [0.717, 1.165) is 16.7 Å². The van der Waals surface area contributed by atoms with Gasteiger partial charge in [-0.05, 0) is 54.3 Å². The highest BCUT2D eigenvalue weighted by molar-refractivity contribution is 7.92. The Kier molecular flexibility index (Phi) is 5.88. The Morgan fingerprint density at radius 3 is 2.29 bits per heavy atom. The summed E-state index contributed by atoms with van der Waals surface area (Å²) in [7, 11) is -3.71. The first-order chi connectivity index (χ1) is 14.9. The monoisotopic (exact) mass is 448 g/mol. The maximum Gasteiger partial charge on any atom is 0.266 e. The van der Waals surface area contributed by atoms with Crippen molar-refractivity contribution < 1.29 is 13.2 Å². The summed E-state index contributed by atoms with van der Waals surface area (Å²) < 4.78 is 27.7. The molecule has 2 N–H and O–H groups in total. The van der Waals surface area contributed by atoms with Crippen LogP contribution in [0.4, 0.5) is 11.4 Å². The first kappa shape index (κ1) is 20.8. The number of amides is 1. The minimum Gasteiger partial charge on any atom is -0.321 e. The summed E-state index contributed by atoms with van der Waals surface area (Å²) >= 11 is 1.36. The van der Waals surface area contributed by atoms with Gasteiger partial charge >= 0.3 is 0 Å². The highest BCUT2D eigenvalue weighted by Crippen LogP contribution is 2.29. The van der Waals surface area contributed by atoms with Gasteiger partial charge < -0.3 is 5.32 Å². The molecule has 0 aliphatic carbocycles. The van der Waals surface area contributed by atoms with Crippen molar-refractivity contribution in [3.05, 3.63) is 101 Å². The second-order valence-corrected chi connectivity index (χ2v) is 9.58. The topological polar surface area (TPSA) is 75.3 Å². The van der Waals surface area contributed by atoms with Gasteiger partial charge in [-0.2, -0.15) is 0 Å². The van der Waals surface area contributed by atoms with Gasteiger partial charge in [0.15, 0.2) is 0 Å². The van der Waals surface area contributed by atoms with E-state index < -0.39 is 10.0 Å². The molecule has 0 bridgehead atoms. The highest BCUT2D eigenvalue weighted by atomic mass is 32.2. The van der Waals surface area contributed by atoms with Crippen LogP contribution in [0.2, 0.25) is 0 Å². The lowest BCUT2D eigenvalue weighted by atomic mass is 10.0. The molecule has 0 aliphatic heterocycles. The van der Waals surface area contributed by atoms with Crippen LogP contribution in [0.5, 0.6) is 0 Å². The minimum absolute atomic E-state index is 0.172. The van der Waals surface area contributed by atoms with Gasteiger partial charge in [-0.1, -0.05) is 54.1 Å². The van der Waals surface area contributed by atoms with Gasteiger partial charge in [-0.3, -0.25) is 9.52 Å². The van der Waals surface area contributed by atoms with Crippen molar-refractivity contribution >= 4 is 38.6 Å². The lowest BCUT2D eigenvalue weighted by Gasteiger charge is -2.11. The zero-order valence-corrected chi connectivity index (χ0v) is 18.3. The molecule has 0 atom stereocenters. The molecule has 7 heteroatoms. The summed E-state index contributed by atoms with van der Waals surface area (Å²) in [6.07, 6.45) is 0. The minimum atomic E-state index is -3.71. The molecule has 0 aliphatic rings. The quantitative estimate of drug-likeness (QED) is 0.393. The molecule has 0 saturated heterocycles. The largest absolute Gasteiger partial charge is 0.321 e. The number of sulfonamides is 1. The van der Waals surface area contributed by atoms with Crippen LogP contribution in [-0.4, -0.2) is 14.3 Å². The maximum absolute atomic E-state index is 12.9. The highest BCUT2D eigenvalue weighted by Gasteiger charge is 2.16. The van der Waals surface area contributed by atoms with Crippen LogP contribution in [0.15, 0.2) is 95.2 Å². The van der Waals surface area contributed by atoms with Gasteiger partial charge in [0.1, 0.15) is 0 Å². The molecule has 3 aromatic carbocycles. The van der Waals surface area contributed by atoms with Gasteiger partial charge in [0, 0.05) is 11.3 Å². The summed E-state index contributed by atoms with van der Waals surface area (Å²) in [5.74, 6) is -0.242. The van der Waals surface area contributed by atoms with Crippen molar-refractivity contribution in [2.24, 2.45) is 0 Å². The van der Waals surface area contributed by atoms with Crippen LogP contribution in [0.25, 0.3) is 11.1 Å². The number of carbonyl (C=O) groups excluding carboxylic acids is 1. The second kappa shape index (κ2) is 8.75. The lowest BCUT2D eigenvalue weighted by Crippen LogP contribution is -2.14. The molecule has 1 amide bonds. The molecular weight excluding hydrogens is 428 g/mol. The number of rotatable bonds is 6. The molecule has 31 heavy (non-hydrogen) atoms. The molecule has 4 aromatic rings. The van der Waals surface area contributed by atoms with Gasteiger partial charge in [-0.25, -0.2) is 8.42 Å². The van der Waals surface area contributed by atoms with Gasteiger partial charge in [0.2, 0.25) is 0 Å². The Labute approximate surface area is 185 Å². The third-order valence-electron chi connectivity index (χ3n) is 4.66. The Bertz CT molecular complexity index is 1310. The number of nitrogens with one attached hydrogen (secondary N) is 2. The number of benzene rings is 3. The summed E-state index contributed by atoms with van der Waals surface area (Å²) in [4.78, 5) is 13.7. The number of aryl methyl sites for hydroxylation is 1. The van der Waals surface area contributed by atoms with Crippen LogP contribution in [0.3, 0.4) is 0 Å². The Morgan fingerprint density at radius 1 is 0.839 bits per heavy atom. The SMILES string of the molecule is Cc1ccc(-c2ccsc2C(=O)Nc2cccc(NS(=O)(=O)c3ccccc3)c2)cc1. The molecule has 0 spiro atoms. The number of anilines is 2. The van der Waals surface area contributed by atoms with Crippen molar-refractivity contribution in [2.75, 3.05) is 10.0 Å². The summed E-state index contributed by atoms with van der Waals surface area (Å²) in [5.41, 5.74) is 3.86. The van der Waals surface area contributed by atoms with Crippen molar-refractivity contribution in [3.63, 3.8) is 0 Å². The molecule has 4 rings (SSSR count). The summed E-state index contributed by atoms with van der Waals surface area (Å²) in [6, 6.07) is 24.7. The molecule has 0 radical (unpaired) electrons. The van der Waals surface area contributed by atoms with E-state index in [2.05, 4.69) is 10.0 Å². The van der Waals surface area contributed by atoms with Gasteiger partial charge in [0.25, 0.3) is 15.9 Å². The molecule has 0 saturated carbocycles. The van der Waals surface area contributed by atoms with E-state index >= 15 is 0 Å². The second-order valence-electron chi connectivity index (χ2n) is 6.98. The Balaban J connectivity index is 1.53. The van der Waals surface area contributed by atoms with Crippen molar-refractivity contribution in [1.29, 1.82) is 0 Å². The Morgan fingerprint density at radius 2 is 1.55 bits per heavy atom. The zero-order chi connectivity index (χ0) is 21.8. The van der Waals surface area contributed by atoms with Crippen molar-refractivity contribution in [3.8, 4) is 11.1 Å². The standard InChI is InChI=1S/C24H20N2O3S2/c1-17-10-12-18(13-11-17)22-14-15-30-23(22)24(27)25-19-6-5-7-20(16-19)26-31(28,29)21-8-3-2-4-9-21/h2-16,26H,1H3,(H,25,27). The average Bonchev–Trinajstić information content (AvgIpc) is 3.25. The number of carbonyl (C=O) groups is 1. The fourth-order valence-electron chi connectivity index (χ4n) is 3.11. The van der Waals surface area contributed by atoms with Gasteiger partial charge in [-0.15, -0.1) is 11.3 Å². The smallest absolute Gasteiger partial charge is 0.266 e. The van der Waals surface area contributed by atoms with Crippen molar-refractivity contribution in [2.45, 2.75) is 11.8 Å². The predicted molar refractivity (Wildman–Crippen MR) is 126 cm³/mol. The van der Waals surface area contributed by atoms with E-state index in [9.17, 15) is 13.2 Å². The fraction of sp³-hybridized carbons (Fsp3) is 0.0417. The van der Waals surface area contributed by atoms with Crippen LogP contribution in [0.1, 0.15) is 15.2 Å². The normalized spacial score (nSPS) is 11.1. The molecule has 5 nitrogen and oxygen atoms in total. The molecular formula is C24H20N2O3S2. The first-order valence-electron chi connectivity index (χ1n) is 9.56. The van der Waals surface area contributed by atoms with Crippen LogP contribution in [0, 0.1) is 6.92 Å². The Hall–Kier alpha value is -3.42. The van der Waals surface area contributed by atoms with E-state index in [-0.39, 0.29) is 10.8 Å². The van der Waals surface area contributed by atoms with Crippen molar-refractivity contribution in [1.82, 2.24) is 0 Å². The average molecular weight is 449 g/mol. The van der Waals surface area contributed by atoms with E-state index in [1.807, 2.05) is 42.6 Å². The third-order valence-corrected chi connectivity index (χ3v) is 6.97. The number of hydrogen-bond donors (Lipinski definition) is 2. The van der Waals surface area contributed by atoms with E-state index in [0.29, 0.717) is 16.3 Å². The number of thiophene rings is 1. The first-order valence-corrected chi connectivity index (χ1v) is 11.9. The molecule has 0 unspecified atom stereocenters. The maximum atomic E-state index is 12.9. The van der Waals surface area contributed by atoms with Gasteiger partial charge in [0.05, 0.1) is 15.5 Å². The van der Waals surface area contributed by atoms with E-state index in [1.165, 1.54) is 23.5 Å². The zero-order valence-electron chi connectivity index (χ0n) is 16.7. The molecule has 156 valence electrons.